The van der Waals surface area contributed by atoms with Crippen molar-refractivity contribution >= 4 is 18.5 Å². The topological polar surface area (TPSA) is 64.3 Å². The van der Waals surface area contributed by atoms with Gasteiger partial charge in [0.25, 0.3) is 0 Å². The van der Waals surface area contributed by atoms with Gasteiger partial charge in [0.15, 0.2) is 0 Å². The van der Waals surface area contributed by atoms with Crippen molar-refractivity contribution in [2.75, 3.05) is 13.2 Å². The first-order valence-corrected chi connectivity index (χ1v) is 8.56. The summed E-state index contributed by atoms with van der Waals surface area (Å²) in [6.07, 6.45) is 2.63. The van der Waals surface area contributed by atoms with Gasteiger partial charge in [-0.2, -0.15) is 0 Å². The average molecular weight is 359 g/mol. The number of fused-ring (bicyclic) bond motifs is 3. The van der Waals surface area contributed by atoms with E-state index in [-0.39, 0.29) is 30.0 Å². The predicted octanol–water partition coefficient (Wildman–Crippen LogP) is 3.83. The molecule has 2 aromatic carbocycles. The molecule has 4 rings (SSSR count). The largest absolute Gasteiger partial charge is 0.449 e. The Morgan fingerprint density at radius 1 is 1.08 bits per heavy atom. The second-order valence-electron chi connectivity index (χ2n) is 6.79. The Kier molecular flexibility index (Phi) is 5.02. The Hall–Kier alpha value is -2.04. The maximum Gasteiger partial charge on any atom is 0.407 e. The molecule has 0 radical (unpaired) electrons. The monoisotopic (exact) mass is 358 g/mol. The van der Waals surface area contributed by atoms with Crippen molar-refractivity contribution in [2.24, 2.45) is 5.73 Å². The van der Waals surface area contributed by atoms with E-state index in [1.54, 1.807) is 0 Å². The first-order valence-electron chi connectivity index (χ1n) is 8.56. The third kappa shape index (κ3) is 3.12. The third-order valence-electron chi connectivity index (χ3n) is 5.41. The number of carbonyl (C=O) groups excluding carboxylic acids is 1. The lowest BCUT2D eigenvalue weighted by atomic mass is 9.77. The van der Waals surface area contributed by atoms with Gasteiger partial charge in [0.05, 0.1) is 5.54 Å². The van der Waals surface area contributed by atoms with Gasteiger partial charge < -0.3 is 15.8 Å². The van der Waals surface area contributed by atoms with Crippen molar-refractivity contribution < 1.29 is 9.53 Å². The molecule has 0 heterocycles. The maximum atomic E-state index is 12.2. The summed E-state index contributed by atoms with van der Waals surface area (Å²) in [6.45, 7) is 0.817. The Labute approximate surface area is 154 Å². The van der Waals surface area contributed by atoms with Crippen LogP contribution < -0.4 is 11.1 Å². The highest BCUT2D eigenvalue weighted by atomic mass is 35.5. The molecule has 3 N–H and O–H groups in total. The summed E-state index contributed by atoms with van der Waals surface area (Å²) >= 11 is 0. The van der Waals surface area contributed by atoms with Gasteiger partial charge in [0.2, 0.25) is 0 Å². The van der Waals surface area contributed by atoms with Crippen LogP contribution >= 0.6 is 12.4 Å². The van der Waals surface area contributed by atoms with Crippen LogP contribution in [0.5, 0.6) is 0 Å². The lowest BCUT2D eigenvalue weighted by Gasteiger charge is -2.41. The molecule has 132 valence electrons. The number of rotatable bonds is 4. The molecule has 0 spiro atoms. The van der Waals surface area contributed by atoms with Crippen LogP contribution in [0.1, 0.15) is 36.3 Å². The zero-order valence-electron chi connectivity index (χ0n) is 14.0. The van der Waals surface area contributed by atoms with E-state index in [9.17, 15) is 4.79 Å². The van der Waals surface area contributed by atoms with Crippen molar-refractivity contribution in [3.05, 3.63) is 59.7 Å². The quantitative estimate of drug-likeness (QED) is 0.873. The Balaban J connectivity index is 0.00000182. The van der Waals surface area contributed by atoms with Crippen LogP contribution in [0.4, 0.5) is 4.79 Å². The van der Waals surface area contributed by atoms with E-state index in [4.69, 9.17) is 10.5 Å². The first-order chi connectivity index (χ1) is 11.7. The van der Waals surface area contributed by atoms with E-state index >= 15 is 0 Å². The van der Waals surface area contributed by atoms with E-state index < -0.39 is 0 Å². The summed E-state index contributed by atoms with van der Waals surface area (Å²) in [5.41, 5.74) is 10.5. The third-order valence-corrected chi connectivity index (χ3v) is 5.41. The van der Waals surface area contributed by atoms with Gasteiger partial charge in [-0.25, -0.2) is 4.79 Å². The number of nitrogens with one attached hydrogen (secondary N) is 1. The molecule has 5 heteroatoms. The summed E-state index contributed by atoms with van der Waals surface area (Å²) in [4.78, 5) is 12.2. The van der Waals surface area contributed by atoms with E-state index in [1.807, 2.05) is 24.3 Å². The van der Waals surface area contributed by atoms with Crippen molar-refractivity contribution in [3.8, 4) is 11.1 Å². The lowest BCUT2D eigenvalue weighted by Crippen LogP contribution is -2.58. The van der Waals surface area contributed by atoms with E-state index in [0.29, 0.717) is 13.2 Å². The van der Waals surface area contributed by atoms with Crippen molar-refractivity contribution in [3.63, 3.8) is 0 Å². The van der Waals surface area contributed by atoms with Crippen LogP contribution in [-0.2, 0) is 4.74 Å². The minimum atomic E-state index is -0.359. The fourth-order valence-corrected chi connectivity index (χ4v) is 3.83. The molecule has 0 saturated heterocycles. The fourth-order valence-electron chi connectivity index (χ4n) is 3.83. The minimum absolute atomic E-state index is 0. The summed E-state index contributed by atoms with van der Waals surface area (Å²) in [7, 11) is 0. The van der Waals surface area contributed by atoms with Gasteiger partial charge in [-0.1, -0.05) is 48.5 Å². The van der Waals surface area contributed by atoms with Crippen LogP contribution in [0.3, 0.4) is 0 Å². The van der Waals surface area contributed by atoms with Crippen LogP contribution in [0.15, 0.2) is 48.5 Å². The molecular weight excluding hydrogens is 336 g/mol. The molecule has 4 nitrogen and oxygen atoms in total. The van der Waals surface area contributed by atoms with Gasteiger partial charge in [-0.3, -0.25) is 0 Å². The van der Waals surface area contributed by atoms with Gasteiger partial charge in [-0.15, -0.1) is 12.4 Å². The van der Waals surface area contributed by atoms with Crippen LogP contribution in [0, 0.1) is 0 Å². The van der Waals surface area contributed by atoms with Crippen LogP contribution in [0.25, 0.3) is 11.1 Å². The molecule has 0 aromatic heterocycles. The van der Waals surface area contributed by atoms with Gasteiger partial charge >= 0.3 is 6.09 Å². The van der Waals surface area contributed by atoms with Crippen molar-refractivity contribution in [2.45, 2.75) is 30.7 Å². The maximum absolute atomic E-state index is 12.2. The van der Waals surface area contributed by atoms with E-state index in [0.717, 1.165) is 19.3 Å². The smallest absolute Gasteiger partial charge is 0.407 e. The lowest BCUT2D eigenvalue weighted by molar-refractivity contribution is 0.112. The second kappa shape index (κ2) is 7.06. The number of alkyl carbamates (subject to hydrolysis) is 1. The SMILES string of the molecule is Cl.NCC1(NC(=O)OCC2c3ccccc3-c3ccccc32)CCC1. The number of carbonyl (C=O) groups is 1. The predicted molar refractivity (Wildman–Crippen MR) is 101 cm³/mol. The highest BCUT2D eigenvalue weighted by molar-refractivity contribution is 5.85. The van der Waals surface area contributed by atoms with Crippen LogP contribution in [-0.4, -0.2) is 24.8 Å². The van der Waals surface area contributed by atoms with E-state index in [1.165, 1.54) is 22.3 Å². The number of halogens is 1. The Morgan fingerprint density at radius 3 is 2.12 bits per heavy atom. The Morgan fingerprint density at radius 2 is 1.64 bits per heavy atom. The van der Waals surface area contributed by atoms with E-state index in [2.05, 4.69) is 29.6 Å². The average Bonchev–Trinajstić information content (AvgIpc) is 2.90. The Bertz CT molecular complexity index is 723. The second-order valence-corrected chi connectivity index (χ2v) is 6.79. The summed E-state index contributed by atoms with van der Waals surface area (Å²) in [5, 5.41) is 2.97. The molecule has 1 saturated carbocycles. The molecule has 2 aliphatic rings. The van der Waals surface area contributed by atoms with Crippen molar-refractivity contribution in [1.29, 1.82) is 0 Å². The normalized spacial score (nSPS) is 16.8. The fraction of sp³-hybridized carbons (Fsp3) is 0.350. The molecular formula is C20H23ClN2O2. The molecule has 0 aliphatic heterocycles. The standard InChI is InChI=1S/C20H22N2O2.ClH/c21-13-20(10-5-11-20)22-19(23)24-12-18-16-8-3-1-6-14(16)15-7-2-4-9-17(15)18;/h1-4,6-9,18H,5,10-13,21H2,(H,22,23);1H. The summed E-state index contributed by atoms with van der Waals surface area (Å²) in [5.74, 6) is 0.0957. The molecule has 25 heavy (non-hydrogen) atoms. The zero-order chi connectivity index (χ0) is 16.6. The minimum Gasteiger partial charge on any atom is -0.449 e. The molecule has 0 atom stereocenters. The molecule has 0 bridgehead atoms. The highest BCUT2D eigenvalue weighted by Crippen LogP contribution is 2.44. The van der Waals surface area contributed by atoms with Crippen molar-refractivity contribution in [1.82, 2.24) is 5.32 Å². The van der Waals surface area contributed by atoms with Crippen LogP contribution in [0.2, 0.25) is 0 Å². The number of hydrogen-bond donors (Lipinski definition) is 2. The summed E-state index contributed by atoms with van der Waals surface area (Å²) in [6, 6.07) is 16.7. The number of benzene rings is 2. The van der Waals surface area contributed by atoms with Gasteiger partial charge in [-0.05, 0) is 41.5 Å². The number of nitrogens with two attached hydrogens (primary N) is 1. The molecule has 2 aliphatic carbocycles. The van der Waals surface area contributed by atoms with Gasteiger partial charge in [0.1, 0.15) is 6.61 Å². The molecule has 1 amide bonds. The highest BCUT2D eigenvalue weighted by Gasteiger charge is 2.38. The molecule has 1 fully saturated rings. The molecule has 0 unspecified atom stereocenters. The number of ether oxygens (including phenoxy) is 1. The first kappa shape index (κ1) is 17.8. The molecule has 2 aromatic rings. The van der Waals surface area contributed by atoms with Gasteiger partial charge in [0, 0.05) is 12.5 Å². The number of amides is 1. The zero-order valence-corrected chi connectivity index (χ0v) is 14.9. The number of hydrogen-bond acceptors (Lipinski definition) is 3. The summed E-state index contributed by atoms with van der Waals surface area (Å²) < 4.78 is 5.57.